The molecule has 4 rings (SSSR count). The molecule has 0 atom stereocenters. The van der Waals surface area contributed by atoms with Gasteiger partial charge >= 0.3 is 6.03 Å². The number of carbonyl (C=O) groups excluding carboxylic acids is 1. The van der Waals surface area contributed by atoms with Gasteiger partial charge in [0, 0.05) is 19.6 Å². The van der Waals surface area contributed by atoms with Crippen molar-refractivity contribution < 1.29 is 13.2 Å². The molecule has 1 aromatic rings. The summed E-state index contributed by atoms with van der Waals surface area (Å²) in [7, 11) is -3.63. The predicted octanol–water partition coefficient (Wildman–Crippen LogP) is 2.28. The molecular weight excluding hydrogens is 362 g/mol. The van der Waals surface area contributed by atoms with Crippen molar-refractivity contribution in [2.75, 3.05) is 24.5 Å². The number of carbonyl (C=O) groups is 1. The first-order chi connectivity index (χ1) is 13.0. The fourth-order valence-corrected chi connectivity index (χ4v) is 5.68. The fourth-order valence-electron chi connectivity index (χ4n) is 4.48. The van der Waals surface area contributed by atoms with Gasteiger partial charge in [0.2, 0.25) is 10.0 Å². The Labute approximate surface area is 161 Å². The molecule has 0 saturated carbocycles. The molecule has 0 spiro atoms. The van der Waals surface area contributed by atoms with E-state index in [1.165, 1.54) is 22.3 Å². The number of urea groups is 1. The Kier molecular flexibility index (Phi) is 5.16. The largest absolute Gasteiger partial charge is 0.335 e. The monoisotopic (exact) mass is 391 g/mol. The quantitative estimate of drug-likeness (QED) is 0.780. The highest BCUT2D eigenvalue weighted by Gasteiger charge is 2.35. The number of amides is 2. The van der Waals surface area contributed by atoms with E-state index in [-0.39, 0.29) is 0 Å². The Bertz CT molecular complexity index is 814. The van der Waals surface area contributed by atoms with Crippen molar-refractivity contribution in [1.29, 1.82) is 0 Å². The zero-order valence-electron chi connectivity index (χ0n) is 16.0. The van der Waals surface area contributed by atoms with E-state index in [1.807, 2.05) is 0 Å². The maximum atomic E-state index is 13.1. The van der Waals surface area contributed by atoms with E-state index < -0.39 is 21.3 Å². The van der Waals surface area contributed by atoms with Gasteiger partial charge in [-0.3, -0.25) is 4.90 Å². The summed E-state index contributed by atoms with van der Waals surface area (Å²) in [4.78, 5) is 14.9. The third kappa shape index (κ3) is 3.47. The molecule has 0 aromatic heterocycles. The van der Waals surface area contributed by atoms with Crippen molar-refractivity contribution in [2.45, 2.75) is 63.5 Å². The number of fused-ring (bicyclic) bond motifs is 2. The molecule has 1 aliphatic heterocycles. The van der Waals surface area contributed by atoms with Crippen molar-refractivity contribution in [3.05, 3.63) is 28.3 Å². The Balaban J connectivity index is 1.70. The van der Waals surface area contributed by atoms with Gasteiger partial charge in [-0.25, -0.2) is 17.9 Å². The van der Waals surface area contributed by atoms with E-state index in [2.05, 4.69) is 23.0 Å². The number of anilines is 1. The summed E-state index contributed by atoms with van der Waals surface area (Å²) in [6.45, 7) is 3.47. The second kappa shape index (κ2) is 7.43. The lowest BCUT2D eigenvalue weighted by atomic mass is 9.97. The highest BCUT2D eigenvalue weighted by Crippen LogP contribution is 2.41. The molecule has 148 valence electrons. The van der Waals surface area contributed by atoms with Crippen molar-refractivity contribution in [2.24, 2.45) is 0 Å². The highest BCUT2D eigenvalue weighted by atomic mass is 32.2. The molecule has 7 heteroatoms. The van der Waals surface area contributed by atoms with Crippen molar-refractivity contribution in [3.8, 4) is 0 Å². The van der Waals surface area contributed by atoms with Crippen LogP contribution in [0.4, 0.5) is 10.5 Å². The first kappa shape index (κ1) is 18.7. The molecule has 1 heterocycles. The number of sulfonamides is 1. The summed E-state index contributed by atoms with van der Waals surface area (Å²) >= 11 is 0. The molecule has 0 unspecified atom stereocenters. The van der Waals surface area contributed by atoms with E-state index in [4.69, 9.17) is 0 Å². The topological polar surface area (TPSA) is 78.5 Å². The minimum absolute atomic E-state index is 0.410. The molecule has 2 amide bonds. The Hall–Kier alpha value is -1.60. The molecule has 2 aliphatic carbocycles. The van der Waals surface area contributed by atoms with Crippen LogP contribution in [0.25, 0.3) is 0 Å². The molecule has 1 fully saturated rings. The SMILES string of the molecule is CCCCN(C(=O)NS(=O)(=O)C1CNC1)c1c2c(cc3c1CCC3)CCC2. The Morgan fingerprint density at radius 2 is 1.78 bits per heavy atom. The smallest absolute Gasteiger partial charge is 0.314 e. The first-order valence-corrected chi connectivity index (χ1v) is 11.8. The van der Waals surface area contributed by atoms with Crippen LogP contribution < -0.4 is 14.9 Å². The van der Waals surface area contributed by atoms with E-state index in [1.54, 1.807) is 4.90 Å². The van der Waals surface area contributed by atoms with E-state index in [9.17, 15) is 13.2 Å². The molecule has 1 saturated heterocycles. The summed E-state index contributed by atoms with van der Waals surface area (Å²) in [5, 5.41) is 2.45. The number of aryl methyl sites for hydroxylation is 2. The highest BCUT2D eigenvalue weighted by molar-refractivity contribution is 7.90. The minimum Gasteiger partial charge on any atom is -0.314 e. The van der Waals surface area contributed by atoms with Crippen LogP contribution in [0, 0.1) is 0 Å². The summed E-state index contributed by atoms with van der Waals surface area (Å²) in [5.74, 6) is 0. The number of hydrogen-bond acceptors (Lipinski definition) is 4. The molecular formula is C20H29N3O3S. The zero-order valence-corrected chi connectivity index (χ0v) is 16.8. The molecule has 1 aromatic carbocycles. The van der Waals surface area contributed by atoms with Gasteiger partial charge in [0.25, 0.3) is 0 Å². The maximum absolute atomic E-state index is 13.1. The molecule has 0 radical (unpaired) electrons. The minimum atomic E-state index is -3.63. The first-order valence-electron chi connectivity index (χ1n) is 10.2. The van der Waals surface area contributed by atoms with E-state index in [0.29, 0.717) is 19.6 Å². The average Bonchev–Trinajstić information content (AvgIpc) is 3.19. The van der Waals surface area contributed by atoms with Gasteiger partial charge in [-0.1, -0.05) is 19.4 Å². The number of nitrogens with one attached hydrogen (secondary N) is 2. The number of nitrogens with zero attached hydrogens (tertiary/aromatic N) is 1. The van der Waals surface area contributed by atoms with Crippen LogP contribution in [0.3, 0.4) is 0 Å². The summed E-state index contributed by atoms with van der Waals surface area (Å²) < 4.78 is 27.4. The standard InChI is InChI=1S/C20H29N3O3S/c1-2-3-10-23(20(24)22-27(25,26)16-12-21-13-16)19-17-8-4-6-14(17)11-15-7-5-9-18(15)19/h11,16,21H,2-10,12-13H2,1H3,(H,22,24). The van der Waals surface area contributed by atoms with Crippen LogP contribution >= 0.6 is 0 Å². The lowest BCUT2D eigenvalue weighted by Crippen LogP contribution is -2.57. The van der Waals surface area contributed by atoms with Crippen LogP contribution in [0.15, 0.2) is 6.07 Å². The molecule has 6 nitrogen and oxygen atoms in total. The summed E-state index contributed by atoms with van der Waals surface area (Å²) in [6, 6.07) is 1.85. The number of rotatable bonds is 6. The molecule has 0 bridgehead atoms. The maximum Gasteiger partial charge on any atom is 0.335 e. The normalized spacial score (nSPS) is 18.7. The zero-order chi connectivity index (χ0) is 19.0. The molecule has 27 heavy (non-hydrogen) atoms. The number of hydrogen-bond donors (Lipinski definition) is 2. The number of benzene rings is 1. The van der Waals surface area contributed by atoms with Crippen LogP contribution in [0.2, 0.25) is 0 Å². The van der Waals surface area contributed by atoms with Crippen LogP contribution in [0.5, 0.6) is 0 Å². The van der Waals surface area contributed by atoms with Crippen molar-refractivity contribution in [1.82, 2.24) is 10.0 Å². The van der Waals surface area contributed by atoms with Gasteiger partial charge in [0.1, 0.15) is 5.25 Å². The Morgan fingerprint density at radius 3 is 2.30 bits per heavy atom. The third-order valence-electron chi connectivity index (χ3n) is 6.10. The van der Waals surface area contributed by atoms with Crippen LogP contribution in [-0.4, -0.2) is 39.3 Å². The van der Waals surface area contributed by atoms with Crippen LogP contribution in [-0.2, 0) is 35.7 Å². The van der Waals surface area contributed by atoms with Gasteiger partial charge < -0.3 is 5.32 Å². The van der Waals surface area contributed by atoms with Gasteiger partial charge in [0.05, 0.1) is 5.69 Å². The van der Waals surface area contributed by atoms with Crippen molar-refractivity contribution in [3.63, 3.8) is 0 Å². The second-order valence-electron chi connectivity index (χ2n) is 7.95. The van der Waals surface area contributed by atoms with Gasteiger partial charge in [-0.2, -0.15) is 0 Å². The third-order valence-corrected chi connectivity index (χ3v) is 7.77. The average molecular weight is 392 g/mol. The molecule has 2 N–H and O–H groups in total. The van der Waals surface area contributed by atoms with E-state index >= 15 is 0 Å². The van der Waals surface area contributed by atoms with Crippen LogP contribution in [0.1, 0.15) is 54.9 Å². The fraction of sp³-hybridized carbons (Fsp3) is 0.650. The summed E-state index contributed by atoms with van der Waals surface area (Å²) in [5.41, 5.74) is 6.26. The Morgan fingerprint density at radius 1 is 1.15 bits per heavy atom. The molecule has 3 aliphatic rings. The second-order valence-corrected chi connectivity index (χ2v) is 9.91. The lowest BCUT2D eigenvalue weighted by molar-refractivity contribution is 0.250. The van der Waals surface area contributed by atoms with E-state index in [0.717, 1.165) is 57.1 Å². The van der Waals surface area contributed by atoms with Crippen molar-refractivity contribution >= 4 is 21.7 Å². The van der Waals surface area contributed by atoms with Gasteiger partial charge in [0.15, 0.2) is 0 Å². The number of unbranched alkanes of at least 4 members (excludes halogenated alkanes) is 1. The predicted molar refractivity (Wildman–Crippen MR) is 107 cm³/mol. The summed E-state index contributed by atoms with van der Waals surface area (Å²) in [6.07, 6.45) is 8.12. The van der Waals surface area contributed by atoms with Gasteiger partial charge in [-0.05, 0) is 67.2 Å². The van der Waals surface area contributed by atoms with Gasteiger partial charge in [-0.15, -0.1) is 0 Å². The lowest BCUT2D eigenvalue weighted by Gasteiger charge is -2.31.